The first-order chi connectivity index (χ1) is 15.7. The minimum absolute atomic E-state index is 0.00677. The Morgan fingerprint density at radius 3 is 2.30 bits per heavy atom. The molecule has 1 saturated heterocycles. The second-order valence-electron chi connectivity index (χ2n) is 8.93. The molecule has 2 aromatic rings. The predicted molar refractivity (Wildman–Crippen MR) is 125 cm³/mol. The monoisotopic (exact) mass is 454 g/mol. The molecule has 33 heavy (non-hydrogen) atoms. The minimum atomic E-state index is -0.787. The van der Waals surface area contributed by atoms with Crippen molar-refractivity contribution < 1.29 is 23.8 Å². The standard InChI is InChI=1S/C26H31FN2O4/c1-17(2)16-33-21-12-8-19(9-13-21)24(30)22-23(18-6-10-20(27)11-7-18)29(26(32)25(22)31)15-5-14-28(3)4/h6-13,17,23,30H,5,14-16H2,1-4H3/b24-22-. The molecule has 1 heterocycles. The summed E-state index contributed by atoms with van der Waals surface area (Å²) in [6.45, 7) is 5.73. The number of halogens is 1. The molecule has 0 radical (unpaired) electrons. The SMILES string of the molecule is CC(C)COc1ccc(/C(O)=C2/C(=O)C(=O)N(CCCN(C)C)C2c2ccc(F)cc2)cc1. The Labute approximate surface area is 194 Å². The lowest BCUT2D eigenvalue weighted by atomic mass is 9.95. The van der Waals surface area contributed by atoms with Crippen LogP contribution in [0, 0.1) is 11.7 Å². The summed E-state index contributed by atoms with van der Waals surface area (Å²) in [5.41, 5.74) is 0.983. The molecule has 1 N–H and O–H groups in total. The van der Waals surface area contributed by atoms with Gasteiger partial charge in [-0.2, -0.15) is 0 Å². The smallest absolute Gasteiger partial charge is 0.295 e. The first-order valence-corrected chi connectivity index (χ1v) is 11.1. The third kappa shape index (κ3) is 5.79. The van der Waals surface area contributed by atoms with Crippen molar-refractivity contribution in [2.45, 2.75) is 26.3 Å². The number of hydrogen-bond donors (Lipinski definition) is 1. The molecule has 6 nitrogen and oxygen atoms in total. The molecule has 1 aliphatic rings. The Kier molecular flexibility index (Phi) is 7.87. The number of ketones is 1. The van der Waals surface area contributed by atoms with Gasteiger partial charge < -0.3 is 19.6 Å². The maximum Gasteiger partial charge on any atom is 0.295 e. The van der Waals surface area contributed by atoms with Gasteiger partial charge in [-0.15, -0.1) is 0 Å². The van der Waals surface area contributed by atoms with Gasteiger partial charge in [0.1, 0.15) is 17.3 Å². The molecule has 1 unspecified atom stereocenters. The molecule has 0 aromatic heterocycles. The molecular weight excluding hydrogens is 423 g/mol. The maximum atomic E-state index is 13.6. The Morgan fingerprint density at radius 1 is 1.09 bits per heavy atom. The van der Waals surface area contributed by atoms with E-state index in [4.69, 9.17) is 4.74 Å². The number of carbonyl (C=O) groups is 2. The highest BCUT2D eigenvalue weighted by molar-refractivity contribution is 6.46. The summed E-state index contributed by atoms with van der Waals surface area (Å²) in [4.78, 5) is 29.4. The van der Waals surface area contributed by atoms with E-state index in [9.17, 15) is 19.1 Å². The minimum Gasteiger partial charge on any atom is -0.507 e. The number of Topliss-reactive ketones (excluding diaryl/α,β-unsaturated/α-hetero) is 1. The van der Waals surface area contributed by atoms with Crippen LogP contribution in [0.15, 0.2) is 54.1 Å². The van der Waals surface area contributed by atoms with E-state index >= 15 is 0 Å². The van der Waals surface area contributed by atoms with Crippen molar-refractivity contribution >= 4 is 17.4 Å². The fraction of sp³-hybridized carbons (Fsp3) is 0.385. The Balaban J connectivity index is 1.99. The third-order valence-electron chi connectivity index (χ3n) is 5.44. The zero-order valence-corrected chi connectivity index (χ0v) is 19.5. The topological polar surface area (TPSA) is 70.1 Å². The number of hydrogen-bond acceptors (Lipinski definition) is 5. The lowest BCUT2D eigenvalue weighted by Crippen LogP contribution is -2.32. The van der Waals surface area contributed by atoms with Crippen LogP contribution in [0.2, 0.25) is 0 Å². The number of likely N-dealkylation sites (tertiary alicyclic amines) is 1. The summed E-state index contributed by atoms with van der Waals surface area (Å²) in [6, 6.07) is 11.6. The predicted octanol–water partition coefficient (Wildman–Crippen LogP) is 4.23. The number of ether oxygens (including phenoxy) is 1. The van der Waals surface area contributed by atoms with Crippen LogP contribution in [0.25, 0.3) is 5.76 Å². The second-order valence-corrected chi connectivity index (χ2v) is 8.93. The van der Waals surface area contributed by atoms with Crippen LogP contribution >= 0.6 is 0 Å². The van der Waals surface area contributed by atoms with Crippen LogP contribution < -0.4 is 4.74 Å². The lowest BCUT2D eigenvalue weighted by Gasteiger charge is -2.26. The molecule has 0 spiro atoms. The first-order valence-electron chi connectivity index (χ1n) is 11.1. The number of carbonyl (C=O) groups excluding carboxylic acids is 2. The van der Waals surface area contributed by atoms with Gasteiger partial charge in [0, 0.05) is 12.1 Å². The van der Waals surface area contributed by atoms with E-state index in [0.29, 0.717) is 42.4 Å². The number of amides is 1. The molecule has 2 aromatic carbocycles. The van der Waals surface area contributed by atoms with Gasteiger partial charge in [-0.1, -0.05) is 26.0 Å². The van der Waals surface area contributed by atoms with E-state index < -0.39 is 23.5 Å². The third-order valence-corrected chi connectivity index (χ3v) is 5.44. The van der Waals surface area contributed by atoms with Crippen molar-refractivity contribution in [2.24, 2.45) is 5.92 Å². The van der Waals surface area contributed by atoms with Gasteiger partial charge in [0.15, 0.2) is 0 Å². The van der Waals surface area contributed by atoms with Crippen LogP contribution in [-0.2, 0) is 9.59 Å². The van der Waals surface area contributed by atoms with Gasteiger partial charge in [-0.05, 0) is 74.9 Å². The van der Waals surface area contributed by atoms with Crippen molar-refractivity contribution in [3.8, 4) is 5.75 Å². The average Bonchev–Trinajstić information content (AvgIpc) is 3.03. The summed E-state index contributed by atoms with van der Waals surface area (Å²) in [5, 5.41) is 11.1. The van der Waals surface area contributed by atoms with Gasteiger partial charge in [-0.3, -0.25) is 9.59 Å². The van der Waals surface area contributed by atoms with Gasteiger partial charge in [0.2, 0.25) is 0 Å². The van der Waals surface area contributed by atoms with Crippen molar-refractivity contribution in [3.05, 3.63) is 71.0 Å². The molecule has 1 fully saturated rings. The Morgan fingerprint density at radius 2 is 1.73 bits per heavy atom. The summed E-state index contributed by atoms with van der Waals surface area (Å²) < 4.78 is 19.2. The molecule has 0 bridgehead atoms. The summed E-state index contributed by atoms with van der Waals surface area (Å²) >= 11 is 0. The highest BCUT2D eigenvalue weighted by Crippen LogP contribution is 2.39. The zero-order chi connectivity index (χ0) is 24.1. The quantitative estimate of drug-likeness (QED) is 0.349. The summed E-state index contributed by atoms with van der Waals surface area (Å²) in [7, 11) is 3.86. The largest absolute Gasteiger partial charge is 0.507 e. The van der Waals surface area contributed by atoms with Crippen molar-refractivity contribution in [3.63, 3.8) is 0 Å². The number of benzene rings is 2. The molecule has 1 aliphatic heterocycles. The van der Waals surface area contributed by atoms with Crippen LogP contribution in [0.3, 0.4) is 0 Å². The summed E-state index contributed by atoms with van der Waals surface area (Å²) in [6.07, 6.45) is 0.652. The van der Waals surface area contributed by atoms with E-state index in [2.05, 4.69) is 0 Å². The van der Waals surface area contributed by atoms with Crippen LogP contribution in [0.1, 0.15) is 37.4 Å². The van der Waals surface area contributed by atoms with E-state index in [1.54, 1.807) is 36.4 Å². The summed E-state index contributed by atoms with van der Waals surface area (Å²) in [5.74, 6) is -1.06. The van der Waals surface area contributed by atoms with Crippen molar-refractivity contribution in [1.29, 1.82) is 0 Å². The van der Waals surface area contributed by atoms with Gasteiger partial charge in [-0.25, -0.2) is 4.39 Å². The molecule has 0 aliphatic carbocycles. The van der Waals surface area contributed by atoms with E-state index in [1.807, 2.05) is 32.8 Å². The number of rotatable bonds is 9. The lowest BCUT2D eigenvalue weighted by molar-refractivity contribution is -0.139. The number of nitrogens with zero attached hydrogens (tertiary/aromatic N) is 2. The van der Waals surface area contributed by atoms with Gasteiger partial charge >= 0.3 is 0 Å². The fourth-order valence-corrected chi connectivity index (χ4v) is 3.79. The van der Waals surface area contributed by atoms with Crippen molar-refractivity contribution in [1.82, 2.24) is 9.80 Å². The zero-order valence-electron chi connectivity index (χ0n) is 19.5. The highest BCUT2D eigenvalue weighted by Gasteiger charge is 2.45. The molecule has 7 heteroatoms. The fourth-order valence-electron chi connectivity index (χ4n) is 3.79. The van der Waals surface area contributed by atoms with Crippen LogP contribution in [0.5, 0.6) is 5.75 Å². The Hall–Kier alpha value is -3.19. The van der Waals surface area contributed by atoms with E-state index in [1.165, 1.54) is 17.0 Å². The average molecular weight is 455 g/mol. The number of aliphatic hydroxyl groups is 1. The first kappa shape index (κ1) is 24.5. The molecule has 0 saturated carbocycles. The van der Waals surface area contributed by atoms with Gasteiger partial charge in [0.05, 0.1) is 18.2 Å². The van der Waals surface area contributed by atoms with E-state index in [0.717, 1.165) is 6.54 Å². The Bertz CT molecular complexity index is 1010. The second kappa shape index (κ2) is 10.6. The molecule has 1 amide bonds. The normalized spacial score (nSPS) is 17.9. The van der Waals surface area contributed by atoms with Crippen molar-refractivity contribution in [2.75, 3.05) is 33.8 Å². The molecular formula is C26H31FN2O4. The van der Waals surface area contributed by atoms with Crippen LogP contribution in [0.4, 0.5) is 4.39 Å². The van der Waals surface area contributed by atoms with Crippen LogP contribution in [-0.4, -0.2) is 60.4 Å². The van der Waals surface area contributed by atoms with E-state index in [-0.39, 0.29) is 11.3 Å². The number of aliphatic hydroxyl groups excluding tert-OH is 1. The molecule has 1 atom stereocenters. The molecule has 3 rings (SSSR count). The molecule has 176 valence electrons. The van der Waals surface area contributed by atoms with Gasteiger partial charge in [0.25, 0.3) is 11.7 Å². The maximum absolute atomic E-state index is 13.6. The highest BCUT2D eigenvalue weighted by atomic mass is 19.1.